The largest absolute Gasteiger partial charge is 0.464 e. The Bertz CT molecular complexity index is 493. The van der Waals surface area contributed by atoms with Gasteiger partial charge in [0, 0.05) is 12.8 Å². The third kappa shape index (κ3) is 31.8. The van der Waals surface area contributed by atoms with Crippen LogP contribution >= 0.6 is 11.6 Å². The summed E-state index contributed by atoms with van der Waals surface area (Å²) in [6, 6.07) is 0. The van der Waals surface area contributed by atoms with Crippen LogP contribution in [0.4, 0.5) is 0 Å². The Labute approximate surface area is 254 Å². The predicted octanol–water partition coefficient (Wildman–Crippen LogP) is 11.6. The van der Waals surface area contributed by atoms with Gasteiger partial charge in [0.15, 0.2) is 0 Å². The van der Waals surface area contributed by atoms with Crippen LogP contribution in [0.15, 0.2) is 0 Å². The molecular weight excluding hydrogens is 520 g/mol. The number of unbranched alkanes of at least 4 members (excludes halogenated alkanes) is 24. The normalized spacial score (nSPS) is 11.3. The Balaban J connectivity index is 3.39. The first-order valence-corrected chi connectivity index (χ1v) is 18.0. The molecule has 40 heavy (non-hydrogen) atoms. The number of rotatable bonds is 32. The van der Waals surface area contributed by atoms with Crippen LogP contribution in [0.25, 0.3) is 0 Å². The molecule has 0 saturated heterocycles. The first-order chi connectivity index (χ1) is 19.6. The van der Waals surface area contributed by atoms with E-state index in [0.717, 1.165) is 25.7 Å². The highest BCUT2D eigenvalue weighted by molar-refractivity contribution is 6.21. The Morgan fingerprint density at radius 1 is 0.425 bits per heavy atom. The van der Waals surface area contributed by atoms with Gasteiger partial charge in [-0.25, -0.2) is 0 Å². The summed E-state index contributed by atoms with van der Waals surface area (Å²) in [5, 5.41) is -0.480. The minimum atomic E-state index is -0.480. The van der Waals surface area contributed by atoms with Gasteiger partial charge in [-0.1, -0.05) is 168 Å². The number of alkyl halides is 1. The van der Waals surface area contributed by atoms with Crippen molar-refractivity contribution >= 4 is 23.5 Å². The van der Waals surface area contributed by atoms with E-state index in [1.54, 1.807) is 0 Å². The van der Waals surface area contributed by atoms with Crippen LogP contribution in [0.3, 0.4) is 0 Å². The third-order valence-corrected chi connectivity index (χ3v) is 8.07. The van der Waals surface area contributed by atoms with Crippen molar-refractivity contribution in [3.8, 4) is 0 Å². The zero-order valence-electron chi connectivity index (χ0n) is 26.8. The Morgan fingerprint density at radius 3 is 0.900 bits per heavy atom. The van der Waals surface area contributed by atoms with E-state index >= 15 is 0 Å². The molecule has 238 valence electrons. The molecule has 5 heteroatoms. The summed E-state index contributed by atoms with van der Waals surface area (Å²) in [7, 11) is 0. The molecule has 0 unspecified atom stereocenters. The number of hydrogen-bond acceptors (Lipinski definition) is 4. The van der Waals surface area contributed by atoms with Gasteiger partial charge in [-0.05, 0) is 12.8 Å². The van der Waals surface area contributed by atoms with Gasteiger partial charge in [0.05, 0.1) is 0 Å². The van der Waals surface area contributed by atoms with E-state index < -0.39 is 5.38 Å². The SMILES string of the molecule is CCCCCCCCCCCCCCCC(=O)OCC(Cl)COC(=O)CCCCCCCCCCCCCCC. The van der Waals surface area contributed by atoms with E-state index in [1.165, 1.54) is 141 Å². The Kier molecular flexibility index (Phi) is 32.1. The van der Waals surface area contributed by atoms with E-state index in [1.807, 2.05) is 0 Å². The summed E-state index contributed by atoms with van der Waals surface area (Å²) in [4.78, 5) is 23.9. The molecule has 0 aromatic heterocycles. The summed E-state index contributed by atoms with van der Waals surface area (Å²) in [5.41, 5.74) is 0. The molecule has 0 atom stereocenters. The number of hydrogen-bond donors (Lipinski definition) is 0. The summed E-state index contributed by atoms with van der Waals surface area (Å²) in [6.07, 6.45) is 34.3. The van der Waals surface area contributed by atoms with Crippen molar-refractivity contribution in [2.75, 3.05) is 13.2 Å². The lowest BCUT2D eigenvalue weighted by Crippen LogP contribution is -2.21. The second-order valence-electron chi connectivity index (χ2n) is 11.9. The lowest BCUT2D eigenvalue weighted by Gasteiger charge is -2.11. The van der Waals surface area contributed by atoms with Gasteiger partial charge in [-0.2, -0.15) is 0 Å². The molecule has 0 aliphatic heterocycles. The molecule has 0 radical (unpaired) electrons. The van der Waals surface area contributed by atoms with Crippen molar-refractivity contribution in [2.24, 2.45) is 0 Å². The third-order valence-electron chi connectivity index (χ3n) is 7.82. The fourth-order valence-corrected chi connectivity index (χ4v) is 5.26. The Morgan fingerprint density at radius 2 is 0.650 bits per heavy atom. The van der Waals surface area contributed by atoms with Crippen molar-refractivity contribution in [3.05, 3.63) is 0 Å². The van der Waals surface area contributed by atoms with Gasteiger partial charge in [0.2, 0.25) is 0 Å². The van der Waals surface area contributed by atoms with E-state index in [0.29, 0.717) is 12.8 Å². The minimum Gasteiger partial charge on any atom is -0.464 e. The molecule has 0 bridgehead atoms. The highest BCUT2D eigenvalue weighted by Gasteiger charge is 2.12. The maximum absolute atomic E-state index is 11.9. The number of halogens is 1. The summed E-state index contributed by atoms with van der Waals surface area (Å²) < 4.78 is 10.5. The Hall–Kier alpha value is -0.770. The van der Waals surface area contributed by atoms with Crippen LogP contribution in [0, 0.1) is 0 Å². The van der Waals surface area contributed by atoms with Crippen LogP contribution in [-0.4, -0.2) is 30.5 Å². The second kappa shape index (κ2) is 32.7. The zero-order chi connectivity index (χ0) is 29.4. The van der Waals surface area contributed by atoms with Crippen molar-refractivity contribution in [1.29, 1.82) is 0 Å². The summed E-state index contributed by atoms with van der Waals surface area (Å²) in [6.45, 7) is 4.73. The molecule has 0 aromatic carbocycles. The topological polar surface area (TPSA) is 52.6 Å². The lowest BCUT2D eigenvalue weighted by atomic mass is 10.0. The van der Waals surface area contributed by atoms with E-state index in [-0.39, 0.29) is 25.2 Å². The van der Waals surface area contributed by atoms with E-state index in [4.69, 9.17) is 21.1 Å². The summed E-state index contributed by atoms with van der Waals surface area (Å²) in [5.74, 6) is -0.404. The quantitative estimate of drug-likeness (QED) is 0.0446. The van der Waals surface area contributed by atoms with Crippen LogP contribution < -0.4 is 0 Å². The maximum atomic E-state index is 11.9. The predicted molar refractivity (Wildman–Crippen MR) is 172 cm³/mol. The van der Waals surface area contributed by atoms with Gasteiger partial charge in [0.1, 0.15) is 18.6 Å². The highest BCUT2D eigenvalue weighted by atomic mass is 35.5. The van der Waals surface area contributed by atoms with E-state index in [2.05, 4.69) is 13.8 Å². The van der Waals surface area contributed by atoms with Crippen LogP contribution in [0.5, 0.6) is 0 Å². The molecule has 0 fully saturated rings. The fraction of sp³-hybridized carbons (Fsp3) is 0.943. The molecule has 0 aliphatic carbocycles. The number of carbonyl (C=O) groups excluding carboxylic acids is 2. The van der Waals surface area contributed by atoms with E-state index in [9.17, 15) is 9.59 Å². The van der Waals surface area contributed by atoms with Gasteiger partial charge < -0.3 is 9.47 Å². The molecule has 0 N–H and O–H groups in total. The molecule has 0 rings (SSSR count). The van der Waals surface area contributed by atoms with Crippen LogP contribution in [0.1, 0.15) is 194 Å². The first-order valence-electron chi connectivity index (χ1n) is 17.5. The average Bonchev–Trinajstić information content (AvgIpc) is 2.95. The van der Waals surface area contributed by atoms with Crippen LogP contribution in [0.2, 0.25) is 0 Å². The number of ether oxygens (including phenoxy) is 2. The lowest BCUT2D eigenvalue weighted by molar-refractivity contribution is -0.146. The number of carbonyl (C=O) groups is 2. The highest BCUT2D eigenvalue weighted by Crippen LogP contribution is 2.15. The number of esters is 2. The van der Waals surface area contributed by atoms with Gasteiger partial charge in [-0.3, -0.25) is 9.59 Å². The maximum Gasteiger partial charge on any atom is 0.305 e. The molecule has 0 amide bonds. The molecule has 0 aromatic rings. The molecule has 0 aliphatic rings. The first kappa shape index (κ1) is 39.2. The standard InChI is InChI=1S/C35H67ClO4/c1-3-5-7-9-11-13-15-17-19-21-23-25-27-29-34(37)39-31-33(36)32-40-35(38)30-28-26-24-22-20-18-16-14-12-10-8-6-4-2/h33H,3-32H2,1-2H3. The molecule has 4 nitrogen and oxygen atoms in total. The monoisotopic (exact) mass is 586 g/mol. The van der Waals surface area contributed by atoms with Crippen molar-refractivity contribution in [2.45, 2.75) is 199 Å². The second-order valence-corrected chi connectivity index (χ2v) is 12.6. The summed E-state index contributed by atoms with van der Waals surface area (Å²) >= 11 is 6.19. The molecule has 0 saturated carbocycles. The van der Waals surface area contributed by atoms with Crippen molar-refractivity contribution < 1.29 is 19.1 Å². The van der Waals surface area contributed by atoms with Gasteiger partial charge in [0.25, 0.3) is 0 Å². The average molecular weight is 587 g/mol. The molecular formula is C35H67ClO4. The van der Waals surface area contributed by atoms with Crippen molar-refractivity contribution in [1.82, 2.24) is 0 Å². The smallest absolute Gasteiger partial charge is 0.305 e. The van der Waals surface area contributed by atoms with Crippen molar-refractivity contribution in [3.63, 3.8) is 0 Å². The minimum absolute atomic E-state index is 0.102. The molecule has 0 spiro atoms. The van der Waals surface area contributed by atoms with Gasteiger partial charge in [-0.15, -0.1) is 11.6 Å². The van der Waals surface area contributed by atoms with Crippen LogP contribution in [-0.2, 0) is 19.1 Å². The molecule has 0 heterocycles. The zero-order valence-corrected chi connectivity index (χ0v) is 27.6. The fourth-order valence-electron chi connectivity index (χ4n) is 5.13. The van der Waals surface area contributed by atoms with Gasteiger partial charge >= 0.3 is 11.9 Å².